The molecule has 118 valence electrons. The normalized spacial score (nSPS) is 10.8. The largest absolute Gasteiger partial charge is 0.346 e. The molecule has 0 bridgehead atoms. The van der Waals surface area contributed by atoms with Gasteiger partial charge in [-0.25, -0.2) is 4.79 Å². The van der Waals surface area contributed by atoms with E-state index in [1.807, 2.05) is 0 Å². The summed E-state index contributed by atoms with van der Waals surface area (Å²) in [6, 6.07) is 6.90. The molecule has 0 atom stereocenters. The van der Waals surface area contributed by atoms with Crippen molar-refractivity contribution in [3.8, 4) is 0 Å². The van der Waals surface area contributed by atoms with E-state index in [0.717, 1.165) is 19.4 Å². The molecule has 0 fully saturated rings. The van der Waals surface area contributed by atoms with E-state index in [2.05, 4.69) is 11.9 Å². The molecule has 22 heavy (non-hydrogen) atoms. The third-order valence-corrected chi connectivity index (χ3v) is 3.73. The summed E-state index contributed by atoms with van der Waals surface area (Å²) in [7, 11) is 1.77. The second-order valence-electron chi connectivity index (χ2n) is 5.35. The second kappa shape index (κ2) is 7.06. The zero-order valence-corrected chi connectivity index (χ0v) is 13.0. The monoisotopic (exact) mass is 303 g/mol. The standard InChI is InChI=1S/C16H21N3O3/c1-3-4-10-18(2)14(20)9-11-19-13-8-6-5-7-12(13)15(21)17-16(19)22/h5-8H,3-4,9-11H2,1-2H3,(H,17,21,22). The van der Waals surface area contributed by atoms with E-state index >= 15 is 0 Å². The van der Waals surface area contributed by atoms with Crippen LogP contribution in [0, 0.1) is 0 Å². The van der Waals surface area contributed by atoms with Crippen LogP contribution in [0.2, 0.25) is 0 Å². The first kappa shape index (κ1) is 16.0. The third kappa shape index (κ3) is 3.44. The number of aromatic amines is 1. The minimum Gasteiger partial charge on any atom is -0.346 e. The average molecular weight is 303 g/mol. The number of carbonyl (C=O) groups excluding carboxylic acids is 1. The Kier molecular flexibility index (Phi) is 5.14. The van der Waals surface area contributed by atoms with Crippen LogP contribution in [-0.2, 0) is 11.3 Å². The molecule has 0 spiro atoms. The molecule has 0 saturated heterocycles. The minimum atomic E-state index is -0.479. The number of H-pyrrole nitrogens is 1. The van der Waals surface area contributed by atoms with Gasteiger partial charge in [0.25, 0.3) is 5.56 Å². The van der Waals surface area contributed by atoms with Crippen LogP contribution in [0.15, 0.2) is 33.9 Å². The lowest BCUT2D eigenvalue weighted by Crippen LogP contribution is -2.33. The predicted octanol–water partition coefficient (Wildman–Crippen LogP) is 1.34. The van der Waals surface area contributed by atoms with Crippen LogP contribution in [0.25, 0.3) is 10.9 Å². The van der Waals surface area contributed by atoms with Crippen molar-refractivity contribution in [2.75, 3.05) is 13.6 Å². The maximum atomic E-state index is 12.1. The predicted molar refractivity (Wildman–Crippen MR) is 86.0 cm³/mol. The first-order chi connectivity index (χ1) is 10.5. The van der Waals surface area contributed by atoms with Crippen molar-refractivity contribution in [2.45, 2.75) is 32.7 Å². The highest BCUT2D eigenvalue weighted by molar-refractivity contribution is 5.78. The van der Waals surface area contributed by atoms with Crippen molar-refractivity contribution in [2.24, 2.45) is 0 Å². The van der Waals surface area contributed by atoms with Crippen LogP contribution in [0.1, 0.15) is 26.2 Å². The number of fused-ring (bicyclic) bond motifs is 1. The summed E-state index contributed by atoms with van der Waals surface area (Å²) in [6.45, 7) is 3.05. The maximum absolute atomic E-state index is 12.1. The van der Waals surface area contributed by atoms with Crippen molar-refractivity contribution >= 4 is 16.8 Å². The Morgan fingerprint density at radius 1 is 1.27 bits per heavy atom. The van der Waals surface area contributed by atoms with Crippen LogP contribution in [0.4, 0.5) is 0 Å². The average Bonchev–Trinajstić information content (AvgIpc) is 2.52. The molecule has 0 aliphatic rings. The molecule has 1 heterocycles. The lowest BCUT2D eigenvalue weighted by Gasteiger charge is -2.17. The molecule has 0 aliphatic heterocycles. The van der Waals surface area contributed by atoms with Gasteiger partial charge in [0.15, 0.2) is 0 Å². The summed E-state index contributed by atoms with van der Waals surface area (Å²) in [5.74, 6) is -0.00405. The summed E-state index contributed by atoms with van der Waals surface area (Å²) in [5, 5.41) is 0.453. The third-order valence-electron chi connectivity index (χ3n) is 3.73. The number of amides is 1. The van der Waals surface area contributed by atoms with E-state index < -0.39 is 11.2 Å². The van der Waals surface area contributed by atoms with Crippen molar-refractivity contribution in [3.05, 3.63) is 45.1 Å². The molecule has 0 radical (unpaired) electrons. The molecule has 1 aromatic heterocycles. The number of rotatable bonds is 6. The Hall–Kier alpha value is -2.37. The summed E-state index contributed by atoms with van der Waals surface area (Å²) >= 11 is 0. The van der Waals surface area contributed by atoms with Crippen LogP contribution in [0.3, 0.4) is 0 Å². The Morgan fingerprint density at radius 3 is 2.73 bits per heavy atom. The van der Waals surface area contributed by atoms with Gasteiger partial charge in [0.1, 0.15) is 0 Å². The molecular weight excluding hydrogens is 282 g/mol. The number of unbranched alkanes of at least 4 members (excludes halogenated alkanes) is 1. The number of aromatic nitrogens is 2. The SMILES string of the molecule is CCCCN(C)C(=O)CCn1c(=O)[nH]c(=O)c2ccccc21. The van der Waals surface area contributed by atoms with Gasteiger partial charge in [-0.2, -0.15) is 0 Å². The van der Waals surface area contributed by atoms with Gasteiger partial charge in [-0.05, 0) is 18.6 Å². The maximum Gasteiger partial charge on any atom is 0.328 e. The van der Waals surface area contributed by atoms with Gasteiger partial charge in [-0.3, -0.25) is 19.1 Å². The topological polar surface area (TPSA) is 75.2 Å². The van der Waals surface area contributed by atoms with E-state index in [-0.39, 0.29) is 18.9 Å². The Labute approximate surface area is 128 Å². The van der Waals surface area contributed by atoms with Gasteiger partial charge in [-0.1, -0.05) is 25.5 Å². The lowest BCUT2D eigenvalue weighted by molar-refractivity contribution is -0.130. The van der Waals surface area contributed by atoms with Crippen molar-refractivity contribution in [1.29, 1.82) is 0 Å². The molecular formula is C16H21N3O3. The van der Waals surface area contributed by atoms with Gasteiger partial charge < -0.3 is 4.90 Å². The quantitative estimate of drug-likeness (QED) is 0.875. The fraction of sp³-hybridized carbons (Fsp3) is 0.438. The van der Waals surface area contributed by atoms with Gasteiger partial charge in [0.2, 0.25) is 5.91 Å². The van der Waals surface area contributed by atoms with Gasteiger partial charge >= 0.3 is 5.69 Å². The van der Waals surface area contributed by atoms with Crippen molar-refractivity contribution in [3.63, 3.8) is 0 Å². The Morgan fingerprint density at radius 2 is 2.00 bits per heavy atom. The summed E-state index contributed by atoms with van der Waals surface area (Å²) in [6.07, 6.45) is 2.22. The molecule has 0 saturated carbocycles. The number of para-hydroxylation sites is 1. The molecule has 1 amide bonds. The molecule has 1 N–H and O–H groups in total. The molecule has 0 unspecified atom stereocenters. The molecule has 1 aromatic carbocycles. The van der Waals surface area contributed by atoms with Crippen LogP contribution < -0.4 is 11.2 Å². The van der Waals surface area contributed by atoms with Crippen molar-refractivity contribution < 1.29 is 4.79 Å². The van der Waals surface area contributed by atoms with E-state index in [9.17, 15) is 14.4 Å². The van der Waals surface area contributed by atoms with E-state index in [4.69, 9.17) is 0 Å². The van der Waals surface area contributed by atoms with Crippen molar-refractivity contribution in [1.82, 2.24) is 14.5 Å². The van der Waals surface area contributed by atoms with Crippen LogP contribution in [-0.4, -0.2) is 34.0 Å². The van der Waals surface area contributed by atoms with Crippen LogP contribution in [0.5, 0.6) is 0 Å². The Bertz CT molecular complexity index is 776. The highest BCUT2D eigenvalue weighted by atomic mass is 16.2. The fourth-order valence-electron chi connectivity index (χ4n) is 2.38. The molecule has 6 heteroatoms. The zero-order valence-electron chi connectivity index (χ0n) is 13.0. The molecule has 2 aromatic rings. The first-order valence-electron chi connectivity index (χ1n) is 7.50. The number of nitrogens with zero attached hydrogens (tertiary/aromatic N) is 2. The number of nitrogens with one attached hydrogen (secondary N) is 1. The van der Waals surface area contributed by atoms with Crippen LogP contribution >= 0.6 is 0 Å². The summed E-state index contributed by atoms with van der Waals surface area (Å²) in [4.78, 5) is 39.8. The van der Waals surface area contributed by atoms with Gasteiger partial charge in [0.05, 0.1) is 10.9 Å². The number of hydrogen-bond acceptors (Lipinski definition) is 3. The molecule has 6 nitrogen and oxygen atoms in total. The summed E-state index contributed by atoms with van der Waals surface area (Å²) < 4.78 is 1.45. The number of hydrogen-bond donors (Lipinski definition) is 1. The van der Waals surface area contributed by atoms with E-state index in [0.29, 0.717) is 10.9 Å². The first-order valence-corrected chi connectivity index (χ1v) is 7.50. The van der Waals surface area contributed by atoms with E-state index in [1.165, 1.54) is 4.57 Å². The highest BCUT2D eigenvalue weighted by Gasteiger charge is 2.11. The van der Waals surface area contributed by atoms with Gasteiger partial charge in [0, 0.05) is 26.6 Å². The fourth-order valence-corrected chi connectivity index (χ4v) is 2.38. The zero-order chi connectivity index (χ0) is 16.1. The number of aryl methyl sites for hydroxylation is 1. The number of carbonyl (C=O) groups is 1. The van der Waals surface area contributed by atoms with E-state index in [1.54, 1.807) is 36.2 Å². The van der Waals surface area contributed by atoms with Gasteiger partial charge in [-0.15, -0.1) is 0 Å². The Balaban J connectivity index is 2.20. The number of benzene rings is 1. The molecule has 2 rings (SSSR count). The lowest BCUT2D eigenvalue weighted by atomic mass is 10.2. The summed E-state index contributed by atoms with van der Waals surface area (Å²) in [5.41, 5.74) is -0.323. The molecule has 0 aliphatic carbocycles. The smallest absolute Gasteiger partial charge is 0.328 e. The second-order valence-corrected chi connectivity index (χ2v) is 5.35. The highest BCUT2D eigenvalue weighted by Crippen LogP contribution is 2.07. The minimum absolute atomic E-state index is 0.00405.